The fraction of sp³-hybridized carbons (Fsp3) is 0.667. The lowest BCUT2D eigenvalue weighted by molar-refractivity contribution is 0.149. The average molecular weight is 309 g/mol. The SMILES string of the molecule is CCOCCNCCn1cc(I)cn1. The highest BCUT2D eigenvalue weighted by molar-refractivity contribution is 14.1. The molecule has 0 aromatic carbocycles. The summed E-state index contributed by atoms with van der Waals surface area (Å²) in [6.07, 6.45) is 3.89. The van der Waals surface area contributed by atoms with Crippen molar-refractivity contribution in [2.75, 3.05) is 26.3 Å². The quantitative estimate of drug-likeness (QED) is 0.606. The van der Waals surface area contributed by atoms with Crippen molar-refractivity contribution < 1.29 is 4.74 Å². The van der Waals surface area contributed by atoms with Gasteiger partial charge in [0.05, 0.1) is 22.9 Å². The van der Waals surface area contributed by atoms with Gasteiger partial charge in [-0.25, -0.2) is 0 Å². The van der Waals surface area contributed by atoms with E-state index in [1.807, 2.05) is 24.0 Å². The lowest BCUT2D eigenvalue weighted by Crippen LogP contribution is -2.24. The first-order valence-electron chi connectivity index (χ1n) is 4.79. The maximum absolute atomic E-state index is 5.20. The molecule has 0 aliphatic heterocycles. The highest BCUT2D eigenvalue weighted by Crippen LogP contribution is 2.00. The summed E-state index contributed by atoms with van der Waals surface area (Å²) in [6.45, 7) is 6.34. The number of rotatable bonds is 7. The van der Waals surface area contributed by atoms with Crippen molar-refractivity contribution in [3.8, 4) is 0 Å². The van der Waals surface area contributed by atoms with E-state index < -0.39 is 0 Å². The minimum Gasteiger partial charge on any atom is -0.380 e. The van der Waals surface area contributed by atoms with Crippen LogP contribution in [0.4, 0.5) is 0 Å². The van der Waals surface area contributed by atoms with Crippen LogP contribution in [0.2, 0.25) is 0 Å². The van der Waals surface area contributed by atoms with Crippen LogP contribution in [0.1, 0.15) is 6.92 Å². The first-order valence-corrected chi connectivity index (χ1v) is 5.87. The monoisotopic (exact) mass is 309 g/mol. The van der Waals surface area contributed by atoms with Crippen LogP contribution in [0, 0.1) is 3.57 Å². The molecule has 4 nitrogen and oxygen atoms in total. The van der Waals surface area contributed by atoms with Gasteiger partial charge in [-0.3, -0.25) is 4.68 Å². The van der Waals surface area contributed by atoms with Crippen LogP contribution >= 0.6 is 22.6 Å². The molecule has 0 radical (unpaired) electrons. The van der Waals surface area contributed by atoms with Crippen molar-refractivity contribution in [1.82, 2.24) is 15.1 Å². The molecule has 0 saturated heterocycles. The molecule has 0 fully saturated rings. The number of nitrogens with zero attached hydrogens (tertiary/aromatic N) is 2. The molecule has 1 rings (SSSR count). The number of aromatic nitrogens is 2. The van der Waals surface area contributed by atoms with Gasteiger partial charge in [-0.05, 0) is 29.5 Å². The van der Waals surface area contributed by atoms with Gasteiger partial charge in [0.2, 0.25) is 0 Å². The van der Waals surface area contributed by atoms with Crippen molar-refractivity contribution >= 4 is 22.6 Å². The number of halogens is 1. The smallest absolute Gasteiger partial charge is 0.0623 e. The third-order valence-electron chi connectivity index (χ3n) is 1.75. The topological polar surface area (TPSA) is 39.1 Å². The van der Waals surface area contributed by atoms with E-state index in [0.717, 1.165) is 32.8 Å². The Morgan fingerprint density at radius 3 is 3.07 bits per heavy atom. The molecule has 5 heteroatoms. The third-order valence-corrected chi connectivity index (χ3v) is 2.30. The summed E-state index contributed by atoms with van der Waals surface area (Å²) < 4.78 is 8.32. The fourth-order valence-electron chi connectivity index (χ4n) is 1.07. The van der Waals surface area contributed by atoms with Crippen LogP contribution in [-0.4, -0.2) is 36.1 Å². The van der Waals surface area contributed by atoms with E-state index in [2.05, 4.69) is 33.0 Å². The van der Waals surface area contributed by atoms with Crippen LogP contribution in [0.3, 0.4) is 0 Å². The van der Waals surface area contributed by atoms with Crippen LogP contribution in [0.25, 0.3) is 0 Å². The minimum absolute atomic E-state index is 0.785. The van der Waals surface area contributed by atoms with Gasteiger partial charge in [0.25, 0.3) is 0 Å². The van der Waals surface area contributed by atoms with Crippen LogP contribution in [-0.2, 0) is 11.3 Å². The average Bonchev–Trinajstić information content (AvgIpc) is 2.58. The molecular weight excluding hydrogens is 293 g/mol. The molecule has 1 N–H and O–H groups in total. The first kappa shape index (κ1) is 11.9. The Hall–Kier alpha value is -0.140. The van der Waals surface area contributed by atoms with E-state index in [9.17, 15) is 0 Å². The summed E-state index contributed by atoms with van der Waals surface area (Å²) in [7, 11) is 0. The molecule has 0 unspecified atom stereocenters. The zero-order valence-corrected chi connectivity index (χ0v) is 10.5. The minimum atomic E-state index is 0.785. The second-order valence-corrected chi connectivity index (χ2v) is 4.11. The largest absolute Gasteiger partial charge is 0.380 e. The first-order chi connectivity index (χ1) is 6.83. The molecule has 0 spiro atoms. The molecule has 1 aromatic rings. The maximum Gasteiger partial charge on any atom is 0.0623 e. The van der Waals surface area contributed by atoms with Crippen LogP contribution < -0.4 is 5.32 Å². The highest BCUT2D eigenvalue weighted by atomic mass is 127. The van der Waals surface area contributed by atoms with Gasteiger partial charge >= 0.3 is 0 Å². The van der Waals surface area contributed by atoms with E-state index in [-0.39, 0.29) is 0 Å². The van der Waals surface area contributed by atoms with Gasteiger partial charge in [0.15, 0.2) is 0 Å². The number of nitrogens with one attached hydrogen (secondary N) is 1. The van der Waals surface area contributed by atoms with Crippen LogP contribution in [0.5, 0.6) is 0 Å². The summed E-state index contributed by atoms with van der Waals surface area (Å²) in [4.78, 5) is 0. The molecule has 0 amide bonds. The van der Waals surface area contributed by atoms with Crippen molar-refractivity contribution in [3.63, 3.8) is 0 Å². The Morgan fingerprint density at radius 2 is 2.43 bits per heavy atom. The normalized spacial score (nSPS) is 10.7. The van der Waals surface area contributed by atoms with Gasteiger partial charge < -0.3 is 10.1 Å². The number of ether oxygens (including phenoxy) is 1. The van der Waals surface area contributed by atoms with E-state index in [1.165, 1.54) is 3.57 Å². The van der Waals surface area contributed by atoms with E-state index in [4.69, 9.17) is 4.74 Å². The van der Waals surface area contributed by atoms with Crippen LogP contribution in [0.15, 0.2) is 12.4 Å². The Balaban J connectivity index is 1.99. The molecule has 0 bridgehead atoms. The van der Waals surface area contributed by atoms with Crippen molar-refractivity contribution in [1.29, 1.82) is 0 Å². The molecule has 1 heterocycles. The molecular formula is C9H16IN3O. The zero-order valence-electron chi connectivity index (χ0n) is 8.37. The summed E-state index contributed by atoms with van der Waals surface area (Å²) in [5.74, 6) is 0. The van der Waals surface area contributed by atoms with E-state index in [0.29, 0.717) is 0 Å². The molecule has 0 saturated carbocycles. The fourth-order valence-corrected chi connectivity index (χ4v) is 1.51. The molecule has 0 aliphatic carbocycles. The summed E-state index contributed by atoms with van der Waals surface area (Å²) >= 11 is 2.26. The third kappa shape index (κ3) is 4.92. The van der Waals surface area contributed by atoms with Crippen molar-refractivity contribution in [2.45, 2.75) is 13.5 Å². The summed E-state index contributed by atoms with van der Waals surface area (Å²) in [5, 5.41) is 7.48. The number of hydrogen-bond donors (Lipinski definition) is 1. The predicted molar refractivity (Wildman–Crippen MR) is 64.3 cm³/mol. The number of hydrogen-bond acceptors (Lipinski definition) is 3. The van der Waals surface area contributed by atoms with Crippen molar-refractivity contribution in [2.24, 2.45) is 0 Å². The Labute approximate surface area is 98.2 Å². The molecule has 0 atom stereocenters. The second-order valence-electron chi connectivity index (χ2n) is 2.87. The molecule has 0 aliphatic rings. The Morgan fingerprint density at radius 1 is 1.57 bits per heavy atom. The van der Waals surface area contributed by atoms with Gasteiger partial charge in [0, 0.05) is 25.9 Å². The summed E-state index contributed by atoms with van der Waals surface area (Å²) in [5.41, 5.74) is 0. The second kappa shape index (κ2) is 7.19. The Kier molecular flexibility index (Phi) is 6.13. The standard InChI is InChI=1S/C9H16IN3O/c1-2-14-6-4-11-3-5-13-8-9(10)7-12-13/h7-8,11H,2-6H2,1H3. The van der Waals surface area contributed by atoms with E-state index in [1.54, 1.807) is 0 Å². The molecule has 80 valence electrons. The van der Waals surface area contributed by atoms with Gasteiger partial charge in [-0.1, -0.05) is 0 Å². The zero-order chi connectivity index (χ0) is 10.2. The van der Waals surface area contributed by atoms with E-state index >= 15 is 0 Å². The summed E-state index contributed by atoms with van der Waals surface area (Å²) in [6, 6.07) is 0. The predicted octanol–water partition coefficient (Wildman–Crippen LogP) is 1.11. The van der Waals surface area contributed by atoms with Gasteiger partial charge in [-0.2, -0.15) is 5.10 Å². The maximum atomic E-state index is 5.20. The highest BCUT2D eigenvalue weighted by Gasteiger charge is 1.93. The molecule has 1 aromatic heterocycles. The molecule has 14 heavy (non-hydrogen) atoms. The Bertz CT molecular complexity index is 252. The van der Waals surface area contributed by atoms with Crippen molar-refractivity contribution in [3.05, 3.63) is 16.0 Å². The lowest BCUT2D eigenvalue weighted by atomic mass is 10.6. The van der Waals surface area contributed by atoms with Gasteiger partial charge in [0.1, 0.15) is 0 Å². The lowest BCUT2D eigenvalue weighted by Gasteiger charge is -2.04. The van der Waals surface area contributed by atoms with Gasteiger partial charge in [-0.15, -0.1) is 0 Å².